The lowest BCUT2D eigenvalue weighted by atomic mass is 10.1. The maximum atomic E-state index is 10.8. The summed E-state index contributed by atoms with van der Waals surface area (Å²) < 4.78 is 9.80. The van der Waals surface area contributed by atoms with Gasteiger partial charge in [0.05, 0.1) is 16.1 Å². The van der Waals surface area contributed by atoms with Crippen molar-refractivity contribution in [3.05, 3.63) is 45.7 Å². The number of benzene rings is 1. The van der Waals surface area contributed by atoms with Crippen LogP contribution >= 0.6 is 0 Å². The van der Waals surface area contributed by atoms with Gasteiger partial charge in [-0.05, 0) is 12.1 Å². The molecular weight excluding hydrogens is 230 g/mol. The van der Waals surface area contributed by atoms with Crippen molar-refractivity contribution in [1.82, 2.24) is 0 Å². The second kappa shape index (κ2) is 4.12. The summed E-state index contributed by atoms with van der Waals surface area (Å²) in [5.41, 5.74) is -0.193. The average molecular weight is 237 g/mol. The Morgan fingerprint density at radius 3 is 2.76 bits per heavy atom. The minimum atomic E-state index is -1.17. The smallest absolute Gasteiger partial charge is 0.335 e. The van der Waals surface area contributed by atoms with E-state index in [4.69, 9.17) is 14.6 Å². The largest absolute Gasteiger partial charge is 0.478 e. The molecule has 0 fully saturated rings. The highest BCUT2D eigenvalue weighted by atomic mass is 16.7. The number of hydrogen-bond donors (Lipinski definition) is 1. The van der Waals surface area contributed by atoms with Crippen molar-refractivity contribution >= 4 is 17.4 Å². The second-order valence-corrected chi connectivity index (χ2v) is 3.21. The number of ether oxygens (including phenoxy) is 2. The van der Waals surface area contributed by atoms with E-state index in [9.17, 15) is 14.9 Å². The molecule has 0 atom stereocenters. The number of nitrogens with zero attached hydrogens (tertiary/aromatic N) is 1. The van der Waals surface area contributed by atoms with Crippen LogP contribution in [0.4, 0.5) is 5.69 Å². The van der Waals surface area contributed by atoms with E-state index in [1.54, 1.807) is 0 Å². The van der Waals surface area contributed by atoms with Crippen LogP contribution in [0.2, 0.25) is 0 Å². The molecule has 0 unspecified atom stereocenters. The van der Waals surface area contributed by atoms with Crippen LogP contribution in [0.25, 0.3) is 5.76 Å². The standard InChI is InChI=1S/C10H7NO6/c12-10(13)6-1-2-8(11(14)15)7(3-6)9-4-16-5-17-9/h1-4H,5H2,(H,12,13). The van der Waals surface area contributed by atoms with Crippen molar-refractivity contribution in [2.45, 2.75) is 0 Å². The van der Waals surface area contributed by atoms with Crippen LogP contribution < -0.4 is 0 Å². The highest BCUT2D eigenvalue weighted by molar-refractivity contribution is 5.89. The molecule has 0 aromatic heterocycles. The monoisotopic (exact) mass is 237 g/mol. The first-order valence-corrected chi connectivity index (χ1v) is 4.56. The summed E-state index contributed by atoms with van der Waals surface area (Å²) >= 11 is 0. The number of hydrogen-bond acceptors (Lipinski definition) is 5. The molecule has 0 radical (unpaired) electrons. The molecule has 0 saturated heterocycles. The van der Waals surface area contributed by atoms with Crippen LogP contribution in [0, 0.1) is 10.1 Å². The molecule has 7 heteroatoms. The Labute approximate surface area is 95.0 Å². The van der Waals surface area contributed by atoms with Crippen molar-refractivity contribution in [2.24, 2.45) is 0 Å². The van der Waals surface area contributed by atoms with E-state index in [2.05, 4.69) is 0 Å². The van der Waals surface area contributed by atoms with Crippen LogP contribution in [-0.4, -0.2) is 22.8 Å². The normalized spacial score (nSPS) is 13.5. The average Bonchev–Trinajstić information content (AvgIpc) is 2.81. The summed E-state index contributed by atoms with van der Waals surface area (Å²) in [5.74, 6) is -1.01. The van der Waals surface area contributed by atoms with Crippen molar-refractivity contribution < 1.29 is 24.3 Å². The molecule has 1 aromatic carbocycles. The van der Waals surface area contributed by atoms with Crippen molar-refractivity contribution in [3.8, 4) is 0 Å². The van der Waals surface area contributed by atoms with Gasteiger partial charge in [0.2, 0.25) is 6.79 Å². The minimum Gasteiger partial charge on any atom is -0.478 e. The number of carbonyl (C=O) groups is 1. The zero-order valence-electron chi connectivity index (χ0n) is 8.45. The summed E-state index contributed by atoms with van der Waals surface area (Å²) in [4.78, 5) is 21.0. The summed E-state index contributed by atoms with van der Waals surface area (Å²) in [5, 5.41) is 19.6. The summed E-state index contributed by atoms with van der Waals surface area (Å²) in [6.07, 6.45) is 1.22. The molecule has 1 aromatic rings. The maximum Gasteiger partial charge on any atom is 0.335 e. The molecule has 0 spiro atoms. The summed E-state index contributed by atoms with van der Waals surface area (Å²) in [6, 6.07) is 3.47. The SMILES string of the molecule is O=C(O)c1ccc([N+](=O)[O-])c(C2=COCO2)c1. The second-order valence-electron chi connectivity index (χ2n) is 3.21. The Morgan fingerprint density at radius 1 is 1.47 bits per heavy atom. The molecule has 7 nitrogen and oxygen atoms in total. The lowest BCUT2D eigenvalue weighted by Crippen LogP contribution is -2.01. The number of carboxylic acids is 1. The van der Waals surface area contributed by atoms with Crippen LogP contribution in [0.15, 0.2) is 24.5 Å². The van der Waals surface area contributed by atoms with E-state index in [-0.39, 0.29) is 29.4 Å². The lowest BCUT2D eigenvalue weighted by molar-refractivity contribution is -0.385. The molecule has 1 aliphatic heterocycles. The molecule has 1 heterocycles. The van der Waals surface area contributed by atoms with E-state index in [0.29, 0.717) is 0 Å². The molecule has 2 rings (SSSR count). The predicted molar refractivity (Wildman–Crippen MR) is 55.1 cm³/mol. The highest BCUT2D eigenvalue weighted by Crippen LogP contribution is 2.30. The van der Waals surface area contributed by atoms with Gasteiger partial charge in [-0.15, -0.1) is 0 Å². The fraction of sp³-hybridized carbons (Fsp3) is 0.100. The molecule has 0 aliphatic carbocycles. The van der Waals surface area contributed by atoms with Crippen molar-refractivity contribution in [1.29, 1.82) is 0 Å². The zero-order chi connectivity index (χ0) is 12.4. The van der Waals surface area contributed by atoms with E-state index in [1.165, 1.54) is 18.4 Å². The summed E-state index contributed by atoms with van der Waals surface area (Å²) in [6.45, 7) is -0.0379. The number of aromatic carboxylic acids is 1. The zero-order valence-corrected chi connectivity index (χ0v) is 8.45. The first-order valence-electron chi connectivity index (χ1n) is 4.56. The fourth-order valence-electron chi connectivity index (χ4n) is 1.41. The van der Waals surface area contributed by atoms with Gasteiger partial charge in [0.15, 0.2) is 5.76 Å². The predicted octanol–water partition coefficient (Wildman–Crippen LogP) is 1.60. The van der Waals surface area contributed by atoms with Crippen LogP contribution in [-0.2, 0) is 9.47 Å². The highest BCUT2D eigenvalue weighted by Gasteiger charge is 2.23. The van der Waals surface area contributed by atoms with Crippen LogP contribution in [0.3, 0.4) is 0 Å². The van der Waals surface area contributed by atoms with E-state index < -0.39 is 10.9 Å². The first kappa shape index (κ1) is 10.9. The summed E-state index contributed by atoms with van der Waals surface area (Å²) in [7, 11) is 0. The molecule has 1 aliphatic rings. The fourth-order valence-corrected chi connectivity index (χ4v) is 1.41. The molecule has 1 N–H and O–H groups in total. The quantitative estimate of drug-likeness (QED) is 0.633. The lowest BCUT2D eigenvalue weighted by Gasteiger charge is -2.04. The van der Waals surface area contributed by atoms with Gasteiger partial charge in [0, 0.05) is 6.07 Å². The topological polar surface area (TPSA) is 98.9 Å². The minimum absolute atomic E-state index is 0.0379. The molecule has 0 amide bonds. The van der Waals surface area contributed by atoms with Gasteiger partial charge in [-0.2, -0.15) is 0 Å². The third kappa shape index (κ3) is 2.03. The Morgan fingerprint density at radius 2 is 2.24 bits per heavy atom. The van der Waals surface area contributed by atoms with Gasteiger partial charge in [0.25, 0.3) is 5.69 Å². The van der Waals surface area contributed by atoms with Gasteiger partial charge >= 0.3 is 5.97 Å². The Kier molecular flexibility index (Phi) is 2.65. The van der Waals surface area contributed by atoms with E-state index in [1.807, 2.05) is 0 Å². The number of rotatable bonds is 3. The van der Waals surface area contributed by atoms with Gasteiger partial charge < -0.3 is 14.6 Å². The number of carboxylic acid groups (broad SMARTS) is 1. The molecule has 17 heavy (non-hydrogen) atoms. The molecule has 0 bridgehead atoms. The Bertz CT molecular complexity index is 522. The number of nitro benzene ring substituents is 1. The van der Waals surface area contributed by atoms with E-state index in [0.717, 1.165) is 6.07 Å². The van der Waals surface area contributed by atoms with Crippen LogP contribution in [0.1, 0.15) is 15.9 Å². The number of nitro groups is 1. The third-order valence-corrected chi connectivity index (χ3v) is 2.18. The molecular formula is C10H7NO6. The van der Waals surface area contributed by atoms with Gasteiger partial charge in [-0.25, -0.2) is 4.79 Å². The van der Waals surface area contributed by atoms with Gasteiger partial charge in [-0.3, -0.25) is 10.1 Å². The van der Waals surface area contributed by atoms with Gasteiger partial charge in [0.1, 0.15) is 6.26 Å². The first-order chi connectivity index (χ1) is 8.09. The van der Waals surface area contributed by atoms with Crippen molar-refractivity contribution in [3.63, 3.8) is 0 Å². The Hall–Kier alpha value is -2.57. The van der Waals surface area contributed by atoms with E-state index >= 15 is 0 Å². The maximum absolute atomic E-state index is 10.8. The Balaban J connectivity index is 2.54. The van der Waals surface area contributed by atoms with Crippen LogP contribution in [0.5, 0.6) is 0 Å². The van der Waals surface area contributed by atoms with Crippen molar-refractivity contribution in [2.75, 3.05) is 6.79 Å². The molecule has 0 saturated carbocycles. The van der Waals surface area contributed by atoms with Gasteiger partial charge in [-0.1, -0.05) is 0 Å². The third-order valence-electron chi connectivity index (χ3n) is 2.18. The molecule has 88 valence electrons.